The van der Waals surface area contributed by atoms with Crippen LogP contribution in [0.1, 0.15) is 21.7 Å². The molecule has 0 saturated carbocycles. The Morgan fingerprint density at radius 1 is 1.16 bits per heavy atom. The van der Waals surface area contributed by atoms with Crippen molar-refractivity contribution in [3.8, 4) is 11.3 Å². The molecule has 0 fully saturated rings. The van der Waals surface area contributed by atoms with Crippen LogP contribution in [0.2, 0.25) is 5.02 Å². The van der Waals surface area contributed by atoms with Crippen molar-refractivity contribution in [1.82, 2.24) is 10.2 Å². The third-order valence-corrected chi connectivity index (χ3v) is 5.17. The molecule has 4 rings (SSSR count). The second-order valence-corrected chi connectivity index (χ2v) is 7.98. The van der Waals surface area contributed by atoms with Crippen LogP contribution in [0.4, 0.5) is 5.69 Å². The number of anilines is 1. The van der Waals surface area contributed by atoms with Crippen molar-refractivity contribution in [2.75, 3.05) is 32.5 Å². The number of benzene rings is 2. The molecule has 0 aliphatic carbocycles. The van der Waals surface area contributed by atoms with Crippen LogP contribution in [0.3, 0.4) is 0 Å². The predicted molar refractivity (Wildman–Crippen MR) is 123 cm³/mol. The molecule has 31 heavy (non-hydrogen) atoms. The average Bonchev–Trinajstić information content (AvgIpc) is 3.33. The maximum Gasteiger partial charge on any atom is 0.256 e. The maximum atomic E-state index is 12.4. The Morgan fingerprint density at radius 3 is 2.81 bits per heavy atom. The molecule has 3 aromatic rings. The number of amides is 2. The molecule has 1 aliphatic rings. The summed E-state index contributed by atoms with van der Waals surface area (Å²) >= 11 is 6.09. The van der Waals surface area contributed by atoms with Gasteiger partial charge in [-0.1, -0.05) is 23.7 Å². The summed E-state index contributed by atoms with van der Waals surface area (Å²) in [7, 11) is 3.91. The molecular formula is C24H22ClN3O3. The number of nitrogens with zero attached hydrogens (tertiary/aromatic N) is 1. The third kappa shape index (κ3) is 4.71. The Balaban J connectivity index is 1.55. The standard InChI is InChI=1S/C24H22ClN3O3/c1-28(2)11-10-26-23(29)16-5-3-4-15(12-16)22-9-7-18(31-22)14-20-19-13-17(25)6-8-21(19)27-24(20)30/h3-9,12-14H,10-11H2,1-2H3,(H,26,29)(H,27,30)/b20-14+. The Hall–Kier alpha value is -3.35. The van der Waals surface area contributed by atoms with Gasteiger partial charge in [0.05, 0.1) is 5.57 Å². The molecule has 2 heterocycles. The van der Waals surface area contributed by atoms with Crippen molar-refractivity contribution in [3.63, 3.8) is 0 Å². The van der Waals surface area contributed by atoms with E-state index < -0.39 is 0 Å². The topological polar surface area (TPSA) is 74.6 Å². The van der Waals surface area contributed by atoms with E-state index >= 15 is 0 Å². The number of hydrogen-bond donors (Lipinski definition) is 2. The van der Waals surface area contributed by atoms with Crippen molar-refractivity contribution in [3.05, 3.63) is 76.5 Å². The molecule has 0 atom stereocenters. The van der Waals surface area contributed by atoms with Gasteiger partial charge in [-0.25, -0.2) is 0 Å². The van der Waals surface area contributed by atoms with Crippen molar-refractivity contribution < 1.29 is 14.0 Å². The summed E-state index contributed by atoms with van der Waals surface area (Å²) in [6.07, 6.45) is 1.69. The molecule has 0 spiro atoms. The fourth-order valence-corrected chi connectivity index (χ4v) is 3.51. The van der Waals surface area contributed by atoms with Crippen LogP contribution in [0.5, 0.6) is 0 Å². The van der Waals surface area contributed by atoms with Crippen molar-refractivity contribution in [1.29, 1.82) is 0 Å². The number of halogens is 1. The number of carbonyl (C=O) groups excluding carboxylic acids is 2. The minimum atomic E-state index is -0.202. The molecule has 6 nitrogen and oxygen atoms in total. The zero-order valence-electron chi connectivity index (χ0n) is 17.2. The van der Waals surface area contributed by atoms with Crippen LogP contribution in [-0.4, -0.2) is 43.9 Å². The van der Waals surface area contributed by atoms with Gasteiger partial charge < -0.3 is 20.0 Å². The van der Waals surface area contributed by atoms with Gasteiger partial charge in [-0.2, -0.15) is 0 Å². The second kappa shape index (κ2) is 8.79. The monoisotopic (exact) mass is 435 g/mol. The summed E-state index contributed by atoms with van der Waals surface area (Å²) in [6, 6.07) is 16.1. The first-order valence-electron chi connectivity index (χ1n) is 9.87. The van der Waals surface area contributed by atoms with Gasteiger partial charge in [0.2, 0.25) is 0 Å². The van der Waals surface area contributed by atoms with Gasteiger partial charge in [-0.3, -0.25) is 9.59 Å². The van der Waals surface area contributed by atoms with Crippen LogP contribution in [0.25, 0.3) is 23.0 Å². The van der Waals surface area contributed by atoms with Crippen molar-refractivity contribution in [2.45, 2.75) is 0 Å². The summed E-state index contributed by atoms with van der Waals surface area (Å²) in [6.45, 7) is 1.34. The van der Waals surface area contributed by atoms with Crippen molar-refractivity contribution >= 4 is 40.8 Å². The van der Waals surface area contributed by atoms with Crippen LogP contribution in [-0.2, 0) is 4.79 Å². The summed E-state index contributed by atoms with van der Waals surface area (Å²) in [5, 5.41) is 6.28. The highest BCUT2D eigenvalue weighted by molar-refractivity contribution is 6.36. The molecule has 0 saturated heterocycles. The largest absolute Gasteiger partial charge is 0.457 e. The number of likely N-dealkylation sites (N-methyl/N-ethyl adjacent to an activating group) is 1. The number of carbonyl (C=O) groups is 2. The number of hydrogen-bond acceptors (Lipinski definition) is 4. The maximum absolute atomic E-state index is 12.4. The first kappa shape index (κ1) is 20.9. The van der Waals surface area contributed by atoms with E-state index in [0.717, 1.165) is 23.4 Å². The summed E-state index contributed by atoms with van der Waals surface area (Å²) < 4.78 is 5.94. The minimum Gasteiger partial charge on any atom is -0.457 e. The molecule has 7 heteroatoms. The summed E-state index contributed by atoms with van der Waals surface area (Å²) in [5.74, 6) is 0.814. The molecule has 1 aliphatic heterocycles. The Bertz CT molecular complexity index is 1180. The Labute approximate surface area is 185 Å². The molecule has 0 radical (unpaired) electrons. The first-order valence-corrected chi connectivity index (χ1v) is 10.2. The van der Waals surface area contributed by atoms with E-state index in [4.69, 9.17) is 16.0 Å². The van der Waals surface area contributed by atoms with Gasteiger partial charge >= 0.3 is 0 Å². The zero-order chi connectivity index (χ0) is 22.0. The fraction of sp³-hybridized carbons (Fsp3) is 0.167. The lowest BCUT2D eigenvalue weighted by Crippen LogP contribution is -2.31. The van der Waals surface area contributed by atoms with E-state index in [0.29, 0.717) is 34.2 Å². The normalized spacial score (nSPS) is 14.1. The highest BCUT2D eigenvalue weighted by Crippen LogP contribution is 2.35. The quantitative estimate of drug-likeness (QED) is 0.563. The van der Waals surface area contributed by atoms with Crippen LogP contribution >= 0.6 is 11.6 Å². The van der Waals surface area contributed by atoms with E-state index in [1.807, 2.05) is 37.2 Å². The fourth-order valence-electron chi connectivity index (χ4n) is 3.34. The molecule has 2 aromatic carbocycles. The Kier molecular flexibility index (Phi) is 5.93. The molecule has 0 unspecified atom stereocenters. The SMILES string of the molecule is CN(C)CCNC(=O)c1cccc(-c2ccc(/C=C3/C(=O)Nc4ccc(Cl)cc43)o2)c1. The van der Waals surface area contributed by atoms with Crippen LogP contribution in [0, 0.1) is 0 Å². The molecule has 158 valence electrons. The number of nitrogens with one attached hydrogen (secondary N) is 2. The van der Waals surface area contributed by atoms with Gasteiger partial charge in [0.1, 0.15) is 11.5 Å². The summed E-state index contributed by atoms with van der Waals surface area (Å²) in [4.78, 5) is 26.8. The third-order valence-electron chi connectivity index (χ3n) is 4.93. The molecule has 2 amide bonds. The lowest BCUT2D eigenvalue weighted by molar-refractivity contribution is -0.110. The zero-order valence-corrected chi connectivity index (χ0v) is 18.0. The Morgan fingerprint density at radius 2 is 2.00 bits per heavy atom. The molecule has 1 aromatic heterocycles. The van der Waals surface area contributed by atoms with Gasteiger partial charge in [0.15, 0.2) is 0 Å². The van der Waals surface area contributed by atoms with Gasteiger partial charge in [0.25, 0.3) is 11.8 Å². The minimum absolute atomic E-state index is 0.131. The van der Waals surface area contributed by atoms with E-state index in [9.17, 15) is 9.59 Å². The average molecular weight is 436 g/mol. The predicted octanol–water partition coefficient (Wildman–Crippen LogP) is 4.38. The smallest absolute Gasteiger partial charge is 0.256 e. The van der Waals surface area contributed by atoms with Crippen LogP contribution < -0.4 is 10.6 Å². The lowest BCUT2D eigenvalue weighted by atomic mass is 10.1. The van der Waals surface area contributed by atoms with E-state index in [1.54, 1.807) is 42.5 Å². The first-order chi connectivity index (χ1) is 14.9. The number of fused-ring (bicyclic) bond motifs is 1. The molecular weight excluding hydrogens is 414 g/mol. The lowest BCUT2D eigenvalue weighted by Gasteiger charge is -2.10. The highest BCUT2D eigenvalue weighted by Gasteiger charge is 2.24. The highest BCUT2D eigenvalue weighted by atomic mass is 35.5. The van der Waals surface area contributed by atoms with E-state index in [1.165, 1.54) is 0 Å². The number of rotatable bonds is 6. The van der Waals surface area contributed by atoms with Gasteiger partial charge in [-0.15, -0.1) is 0 Å². The van der Waals surface area contributed by atoms with E-state index in [2.05, 4.69) is 10.6 Å². The summed E-state index contributed by atoms with van der Waals surface area (Å²) in [5.41, 5.74) is 3.30. The number of furan rings is 1. The van der Waals surface area contributed by atoms with Crippen LogP contribution in [0.15, 0.2) is 59.0 Å². The molecule has 2 N–H and O–H groups in total. The van der Waals surface area contributed by atoms with Gasteiger partial charge in [0, 0.05) is 40.5 Å². The molecule has 0 bridgehead atoms. The van der Waals surface area contributed by atoms with Crippen molar-refractivity contribution in [2.24, 2.45) is 0 Å². The van der Waals surface area contributed by atoms with E-state index in [-0.39, 0.29) is 11.8 Å². The second-order valence-electron chi connectivity index (χ2n) is 7.54. The van der Waals surface area contributed by atoms with Gasteiger partial charge in [-0.05, 0) is 62.6 Å².